The fourth-order valence-corrected chi connectivity index (χ4v) is 4.94. The molecule has 0 aromatic heterocycles. The van der Waals surface area contributed by atoms with Gasteiger partial charge < -0.3 is 20.7 Å². The molecule has 8 nitrogen and oxygen atoms in total. The van der Waals surface area contributed by atoms with E-state index in [1.165, 1.54) is 0 Å². The summed E-state index contributed by atoms with van der Waals surface area (Å²) in [6.45, 7) is 8.62. The maximum absolute atomic E-state index is 13.5. The molecule has 0 heterocycles. The predicted octanol–water partition coefficient (Wildman–Crippen LogP) is 5.24. The van der Waals surface area contributed by atoms with Crippen LogP contribution < -0.4 is 16.0 Å². The predicted molar refractivity (Wildman–Crippen MR) is 149 cm³/mol. The van der Waals surface area contributed by atoms with E-state index in [2.05, 4.69) is 16.0 Å². The van der Waals surface area contributed by atoms with Crippen molar-refractivity contribution in [2.45, 2.75) is 116 Å². The Kier molecular flexibility index (Phi) is 12.6. The Morgan fingerprint density at radius 3 is 1.95 bits per heavy atom. The minimum absolute atomic E-state index is 0.0821. The Labute approximate surface area is 240 Å². The fourth-order valence-electron chi connectivity index (χ4n) is 4.94. The van der Waals surface area contributed by atoms with E-state index in [9.17, 15) is 32.3 Å². The van der Waals surface area contributed by atoms with Crippen LogP contribution in [0.25, 0.3) is 0 Å². The Morgan fingerprint density at radius 2 is 1.41 bits per heavy atom. The first-order valence-corrected chi connectivity index (χ1v) is 14.3. The molecule has 1 fully saturated rings. The first kappa shape index (κ1) is 34.1. The second-order valence-electron chi connectivity index (χ2n) is 12.2. The van der Waals surface area contributed by atoms with Crippen molar-refractivity contribution in [1.29, 1.82) is 0 Å². The Bertz CT molecular complexity index is 1020. The maximum atomic E-state index is 13.5. The fraction of sp³-hybridized carbons (Fsp3) is 0.667. The minimum Gasteiger partial charge on any atom is -0.444 e. The van der Waals surface area contributed by atoms with Crippen molar-refractivity contribution < 1.29 is 37.1 Å². The molecule has 1 aromatic carbocycles. The molecule has 0 bridgehead atoms. The second-order valence-corrected chi connectivity index (χ2v) is 12.2. The molecule has 0 spiro atoms. The number of Topliss-reactive ketones (excluding diaryl/α,β-unsaturated/α-hetero) is 1. The zero-order chi connectivity index (χ0) is 30.8. The van der Waals surface area contributed by atoms with Gasteiger partial charge in [0.15, 0.2) is 0 Å². The number of ether oxygens (including phenoxy) is 1. The van der Waals surface area contributed by atoms with Crippen LogP contribution in [0.15, 0.2) is 30.3 Å². The molecular formula is C30H44F3N3O5. The van der Waals surface area contributed by atoms with Gasteiger partial charge in [0.05, 0.1) is 6.04 Å². The molecule has 0 radical (unpaired) electrons. The molecule has 41 heavy (non-hydrogen) atoms. The quantitative estimate of drug-likeness (QED) is 0.312. The second kappa shape index (κ2) is 15.2. The SMILES string of the molecule is CC(C)C[C@H](NC(=O)[C@H](Cc1ccccc1)NC(=O)OC(C)(C)C)C(=O)NC(CC1CCCCC1)C(=O)C(F)(F)F. The summed E-state index contributed by atoms with van der Waals surface area (Å²) >= 11 is 0. The highest BCUT2D eigenvalue weighted by Gasteiger charge is 2.45. The lowest BCUT2D eigenvalue weighted by atomic mass is 9.84. The van der Waals surface area contributed by atoms with E-state index in [-0.39, 0.29) is 31.1 Å². The van der Waals surface area contributed by atoms with Crippen LogP contribution in [-0.2, 0) is 25.5 Å². The van der Waals surface area contributed by atoms with E-state index in [1.807, 2.05) is 0 Å². The van der Waals surface area contributed by atoms with E-state index in [1.54, 1.807) is 65.0 Å². The number of hydrogen-bond donors (Lipinski definition) is 3. The lowest BCUT2D eigenvalue weighted by Gasteiger charge is -2.29. The average molecular weight is 584 g/mol. The molecule has 3 N–H and O–H groups in total. The smallest absolute Gasteiger partial charge is 0.444 e. The topological polar surface area (TPSA) is 114 Å². The summed E-state index contributed by atoms with van der Waals surface area (Å²) in [6.07, 6.45) is -1.74. The molecule has 0 saturated heterocycles. The van der Waals surface area contributed by atoms with Gasteiger partial charge in [0.25, 0.3) is 5.78 Å². The number of hydrogen-bond acceptors (Lipinski definition) is 5. The van der Waals surface area contributed by atoms with E-state index < -0.39 is 53.6 Å². The molecule has 2 rings (SSSR count). The first-order chi connectivity index (χ1) is 19.0. The molecule has 1 aliphatic rings. The normalized spacial score (nSPS) is 16.8. The standard InChI is InChI=1S/C30H44F3N3O5/c1-19(2)16-23(26(38)34-22(25(37)30(31,32)33)17-20-12-8-6-9-13-20)35-27(39)24(18-21-14-10-7-11-15-21)36-28(40)41-29(3,4)5/h7,10-11,14-15,19-20,22-24H,6,8-9,12-13,16-18H2,1-5H3,(H,34,38)(H,35,39)(H,36,40)/t22?,23-,24-/m0/s1. The highest BCUT2D eigenvalue weighted by atomic mass is 19.4. The van der Waals surface area contributed by atoms with Crippen molar-refractivity contribution >= 4 is 23.7 Å². The molecule has 230 valence electrons. The van der Waals surface area contributed by atoms with Crippen LogP contribution in [0.1, 0.15) is 85.1 Å². The monoisotopic (exact) mass is 583 g/mol. The molecule has 1 saturated carbocycles. The molecule has 11 heteroatoms. The van der Waals surface area contributed by atoms with Gasteiger partial charge in [0.1, 0.15) is 17.7 Å². The zero-order valence-corrected chi connectivity index (χ0v) is 24.6. The maximum Gasteiger partial charge on any atom is 0.452 e. The van der Waals surface area contributed by atoms with E-state index in [0.29, 0.717) is 12.8 Å². The zero-order valence-electron chi connectivity index (χ0n) is 24.6. The summed E-state index contributed by atoms with van der Waals surface area (Å²) in [4.78, 5) is 51.6. The summed E-state index contributed by atoms with van der Waals surface area (Å²) in [5.41, 5.74) is -0.0899. The number of carbonyl (C=O) groups excluding carboxylic acids is 4. The molecular weight excluding hydrogens is 539 g/mol. The Hall–Kier alpha value is -3.11. The number of amides is 3. The third kappa shape index (κ3) is 12.5. The molecule has 1 unspecified atom stereocenters. The molecule has 3 atom stereocenters. The van der Waals surface area contributed by atoms with Crippen LogP contribution in [0.2, 0.25) is 0 Å². The highest BCUT2D eigenvalue weighted by Crippen LogP contribution is 2.30. The van der Waals surface area contributed by atoms with Gasteiger partial charge >= 0.3 is 12.3 Å². The number of halogens is 3. The van der Waals surface area contributed by atoms with E-state index in [4.69, 9.17) is 4.74 Å². The van der Waals surface area contributed by atoms with Gasteiger partial charge in [-0.25, -0.2) is 4.79 Å². The number of ketones is 1. The molecule has 1 aliphatic carbocycles. The van der Waals surface area contributed by atoms with Crippen molar-refractivity contribution in [2.24, 2.45) is 11.8 Å². The van der Waals surface area contributed by atoms with Crippen molar-refractivity contribution in [2.75, 3.05) is 0 Å². The van der Waals surface area contributed by atoms with Crippen LogP contribution in [0.4, 0.5) is 18.0 Å². The summed E-state index contributed by atoms with van der Waals surface area (Å²) < 4.78 is 45.7. The van der Waals surface area contributed by atoms with Crippen molar-refractivity contribution in [1.82, 2.24) is 16.0 Å². The van der Waals surface area contributed by atoms with Crippen LogP contribution >= 0.6 is 0 Å². The summed E-state index contributed by atoms with van der Waals surface area (Å²) in [5.74, 6) is -3.80. The van der Waals surface area contributed by atoms with Crippen molar-refractivity contribution in [3.05, 3.63) is 35.9 Å². The average Bonchev–Trinajstić information content (AvgIpc) is 2.86. The van der Waals surface area contributed by atoms with Gasteiger partial charge in [-0.2, -0.15) is 13.2 Å². The van der Waals surface area contributed by atoms with Crippen LogP contribution in [-0.4, -0.2) is 53.6 Å². The van der Waals surface area contributed by atoms with Crippen molar-refractivity contribution in [3.63, 3.8) is 0 Å². The lowest BCUT2D eigenvalue weighted by molar-refractivity contribution is -0.174. The number of nitrogens with one attached hydrogen (secondary N) is 3. The van der Waals surface area contributed by atoms with Gasteiger partial charge in [-0.15, -0.1) is 0 Å². The van der Waals surface area contributed by atoms with E-state index in [0.717, 1.165) is 24.8 Å². The molecule has 0 aliphatic heterocycles. The van der Waals surface area contributed by atoms with E-state index >= 15 is 0 Å². The Morgan fingerprint density at radius 1 is 0.854 bits per heavy atom. The minimum atomic E-state index is -5.11. The highest BCUT2D eigenvalue weighted by molar-refractivity contribution is 5.96. The first-order valence-electron chi connectivity index (χ1n) is 14.3. The largest absolute Gasteiger partial charge is 0.452 e. The third-order valence-corrected chi connectivity index (χ3v) is 6.84. The van der Waals surface area contributed by atoms with Crippen molar-refractivity contribution in [3.8, 4) is 0 Å². The van der Waals surface area contributed by atoms with Gasteiger partial charge in [-0.05, 0) is 51.0 Å². The van der Waals surface area contributed by atoms with Crippen LogP contribution in [0, 0.1) is 11.8 Å². The molecule has 3 amide bonds. The number of alkyl carbamates (subject to hydrolysis) is 1. The summed E-state index contributed by atoms with van der Waals surface area (Å²) in [6, 6.07) is 4.79. The van der Waals surface area contributed by atoms with Gasteiger partial charge in [0, 0.05) is 6.42 Å². The number of rotatable bonds is 12. The molecule has 1 aromatic rings. The van der Waals surface area contributed by atoms with Gasteiger partial charge in [0.2, 0.25) is 11.8 Å². The summed E-state index contributed by atoms with van der Waals surface area (Å²) in [7, 11) is 0. The van der Waals surface area contributed by atoms with Gasteiger partial charge in [-0.3, -0.25) is 14.4 Å². The lowest BCUT2D eigenvalue weighted by Crippen LogP contribution is -2.57. The third-order valence-electron chi connectivity index (χ3n) is 6.84. The number of alkyl halides is 3. The van der Waals surface area contributed by atoms with Gasteiger partial charge in [-0.1, -0.05) is 76.3 Å². The summed E-state index contributed by atoms with van der Waals surface area (Å²) in [5, 5.41) is 7.46. The number of benzene rings is 1. The van der Waals surface area contributed by atoms with Crippen LogP contribution in [0.5, 0.6) is 0 Å². The number of carbonyl (C=O) groups is 4. The van der Waals surface area contributed by atoms with Crippen LogP contribution in [0.3, 0.4) is 0 Å². The Balaban J connectivity index is 2.25.